The second-order valence-electron chi connectivity index (χ2n) is 5.64. The quantitative estimate of drug-likeness (QED) is 0.869. The molecule has 0 aromatic carbocycles. The van der Waals surface area contributed by atoms with Crippen LogP contribution in [0.15, 0.2) is 22.8 Å². The molecule has 2 aliphatic heterocycles. The molecule has 1 aromatic heterocycles. The van der Waals surface area contributed by atoms with Crippen molar-refractivity contribution in [2.45, 2.75) is 25.4 Å². The maximum atomic E-state index is 5.76. The van der Waals surface area contributed by atoms with Crippen LogP contribution in [0.5, 0.6) is 0 Å². The Bertz CT molecular complexity index is 365. The van der Waals surface area contributed by atoms with E-state index in [2.05, 4.69) is 15.9 Å². The van der Waals surface area contributed by atoms with E-state index in [1.165, 1.54) is 39.0 Å². The molecule has 4 nitrogen and oxygen atoms in total. The van der Waals surface area contributed by atoms with Crippen molar-refractivity contribution in [1.82, 2.24) is 9.80 Å². The average molecular weight is 249 g/mol. The van der Waals surface area contributed by atoms with Crippen LogP contribution in [0.1, 0.15) is 18.6 Å². The van der Waals surface area contributed by atoms with Gasteiger partial charge in [-0.25, -0.2) is 0 Å². The number of hydrogen-bond donors (Lipinski definition) is 1. The van der Waals surface area contributed by atoms with Gasteiger partial charge in [0.25, 0.3) is 0 Å². The molecule has 4 heteroatoms. The zero-order valence-electron chi connectivity index (χ0n) is 10.9. The maximum Gasteiger partial charge on any atom is 0.117 e. The number of hydrogen-bond acceptors (Lipinski definition) is 4. The van der Waals surface area contributed by atoms with Gasteiger partial charge in [-0.2, -0.15) is 0 Å². The van der Waals surface area contributed by atoms with Crippen molar-refractivity contribution in [3.05, 3.63) is 24.2 Å². The van der Waals surface area contributed by atoms with E-state index in [0.717, 1.165) is 30.8 Å². The lowest BCUT2D eigenvalue weighted by atomic mass is 10.1. The molecule has 0 bridgehead atoms. The highest BCUT2D eigenvalue weighted by atomic mass is 16.3. The number of nitrogens with zero attached hydrogens (tertiary/aromatic N) is 2. The monoisotopic (exact) mass is 249 g/mol. The largest absolute Gasteiger partial charge is 0.468 e. The average Bonchev–Trinajstić information content (AvgIpc) is 3.09. The fourth-order valence-electron chi connectivity index (χ4n) is 3.26. The summed E-state index contributed by atoms with van der Waals surface area (Å²) in [6.07, 6.45) is 4.33. The minimum absolute atomic E-state index is 0.726. The van der Waals surface area contributed by atoms with Crippen molar-refractivity contribution >= 4 is 0 Å². The van der Waals surface area contributed by atoms with E-state index in [1.807, 2.05) is 6.07 Å². The molecule has 2 atom stereocenters. The summed E-state index contributed by atoms with van der Waals surface area (Å²) in [5.74, 6) is 1.81. The van der Waals surface area contributed by atoms with E-state index in [0.29, 0.717) is 0 Å². The zero-order chi connectivity index (χ0) is 12.4. The summed E-state index contributed by atoms with van der Waals surface area (Å²) in [6, 6.07) is 4.76. The van der Waals surface area contributed by atoms with Crippen molar-refractivity contribution in [2.75, 3.05) is 32.7 Å². The van der Waals surface area contributed by atoms with E-state index in [-0.39, 0.29) is 0 Å². The second-order valence-corrected chi connectivity index (χ2v) is 5.64. The zero-order valence-corrected chi connectivity index (χ0v) is 10.9. The molecule has 2 N–H and O–H groups in total. The summed E-state index contributed by atoms with van der Waals surface area (Å²) in [5.41, 5.74) is 5.76. The molecule has 2 saturated heterocycles. The van der Waals surface area contributed by atoms with E-state index >= 15 is 0 Å². The van der Waals surface area contributed by atoms with E-state index in [9.17, 15) is 0 Å². The first-order valence-electron chi connectivity index (χ1n) is 7.04. The molecule has 100 valence electrons. The molecular weight excluding hydrogens is 226 g/mol. The summed E-state index contributed by atoms with van der Waals surface area (Å²) in [4.78, 5) is 5.14. The topological polar surface area (TPSA) is 45.6 Å². The van der Waals surface area contributed by atoms with Crippen LogP contribution in [0.4, 0.5) is 0 Å². The summed E-state index contributed by atoms with van der Waals surface area (Å²) in [6.45, 7) is 6.61. The van der Waals surface area contributed by atoms with Gasteiger partial charge in [-0.15, -0.1) is 0 Å². The lowest BCUT2D eigenvalue weighted by Gasteiger charge is -2.24. The third-order valence-corrected chi connectivity index (χ3v) is 4.37. The van der Waals surface area contributed by atoms with Gasteiger partial charge in [-0.3, -0.25) is 9.80 Å². The van der Waals surface area contributed by atoms with Crippen LogP contribution in [0.3, 0.4) is 0 Å². The minimum atomic E-state index is 0.726. The van der Waals surface area contributed by atoms with Crippen LogP contribution in [-0.4, -0.2) is 48.6 Å². The molecule has 0 spiro atoms. The maximum absolute atomic E-state index is 5.76. The van der Waals surface area contributed by atoms with Crippen LogP contribution < -0.4 is 5.73 Å². The van der Waals surface area contributed by atoms with Gasteiger partial charge in [0.05, 0.1) is 12.8 Å². The van der Waals surface area contributed by atoms with Crippen molar-refractivity contribution in [3.8, 4) is 0 Å². The number of furan rings is 1. The van der Waals surface area contributed by atoms with Gasteiger partial charge in [0.15, 0.2) is 0 Å². The smallest absolute Gasteiger partial charge is 0.117 e. The number of likely N-dealkylation sites (tertiary alicyclic amines) is 2. The van der Waals surface area contributed by atoms with Crippen molar-refractivity contribution in [1.29, 1.82) is 0 Å². The normalized spacial score (nSPS) is 30.3. The van der Waals surface area contributed by atoms with Gasteiger partial charge < -0.3 is 10.2 Å². The van der Waals surface area contributed by atoms with Crippen molar-refractivity contribution in [3.63, 3.8) is 0 Å². The molecule has 2 unspecified atom stereocenters. The van der Waals surface area contributed by atoms with Gasteiger partial charge >= 0.3 is 0 Å². The van der Waals surface area contributed by atoms with Gasteiger partial charge in [0, 0.05) is 25.7 Å². The fraction of sp³-hybridized carbons (Fsp3) is 0.714. The highest BCUT2D eigenvalue weighted by molar-refractivity contribution is 4.99. The van der Waals surface area contributed by atoms with Crippen molar-refractivity contribution in [2.24, 2.45) is 11.7 Å². The Morgan fingerprint density at radius 2 is 2.22 bits per heavy atom. The summed E-state index contributed by atoms with van der Waals surface area (Å²) in [5, 5.41) is 0. The van der Waals surface area contributed by atoms with Crippen LogP contribution in [0.2, 0.25) is 0 Å². The minimum Gasteiger partial charge on any atom is -0.468 e. The third kappa shape index (κ3) is 2.60. The molecule has 2 aliphatic rings. The molecule has 0 amide bonds. The van der Waals surface area contributed by atoms with E-state index in [1.54, 1.807) is 6.26 Å². The molecule has 2 fully saturated rings. The SMILES string of the molecule is NCC1CCN(C2CCN(Cc3ccco3)C2)C1. The lowest BCUT2D eigenvalue weighted by molar-refractivity contribution is 0.218. The third-order valence-electron chi connectivity index (χ3n) is 4.37. The van der Waals surface area contributed by atoms with Gasteiger partial charge in [-0.05, 0) is 44.0 Å². The van der Waals surface area contributed by atoms with Crippen LogP contribution in [0, 0.1) is 5.92 Å². The van der Waals surface area contributed by atoms with Gasteiger partial charge in [0.1, 0.15) is 5.76 Å². The molecular formula is C14H23N3O. The highest BCUT2D eigenvalue weighted by Gasteiger charge is 2.32. The van der Waals surface area contributed by atoms with Crippen LogP contribution in [-0.2, 0) is 6.54 Å². The Kier molecular flexibility index (Phi) is 3.68. The molecule has 3 heterocycles. The first-order chi connectivity index (χ1) is 8.85. The standard InChI is InChI=1S/C14H23N3O/c15-8-12-3-6-17(9-12)13-4-5-16(10-13)11-14-2-1-7-18-14/h1-2,7,12-13H,3-6,8-11,15H2. The predicted molar refractivity (Wildman–Crippen MR) is 71.1 cm³/mol. The second kappa shape index (κ2) is 5.43. The summed E-state index contributed by atoms with van der Waals surface area (Å²) in [7, 11) is 0. The van der Waals surface area contributed by atoms with E-state index < -0.39 is 0 Å². The molecule has 0 aliphatic carbocycles. The van der Waals surface area contributed by atoms with Crippen LogP contribution in [0.25, 0.3) is 0 Å². The Labute approximate surface area is 109 Å². The molecule has 18 heavy (non-hydrogen) atoms. The van der Waals surface area contributed by atoms with E-state index in [4.69, 9.17) is 10.2 Å². The number of rotatable bonds is 4. The molecule has 1 aromatic rings. The van der Waals surface area contributed by atoms with Gasteiger partial charge in [-0.1, -0.05) is 0 Å². The summed E-state index contributed by atoms with van der Waals surface area (Å²) >= 11 is 0. The Hall–Kier alpha value is -0.840. The fourth-order valence-corrected chi connectivity index (χ4v) is 3.26. The Morgan fingerprint density at radius 1 is 1.28 bits per heavy atom. The predicted octanol–water partition coefficient (Wildman–Crippen LogP) is 1.13. The number of nitrogens with two attached hydrogens (primary N) is 1. The Morgan fingerprint density at radius 3 is 2.94 bits per heavy atom. The Balaban J connectivity index is 1.49. The summed E-state index contributed by atoms with van der Waals surface area (Å²) < 4.78 is 5.42. The molecule has 0 radical (unpaired) electrons. The molecule has 0 saturated carbocycles. The lowest BCUT2D eigenvalue weighted by Crippen LogP contribution is -2.36. The van der Waals surface area contributed by atoms with Crippen molar-refractivity contribution < 1.29 is 4.42 Å². The highest BCUT2D eigenvalue weighted by Crippen LogP contribution is 2.24. The van der Waals surface area contributed by atoms with Crippen LogP contribution >= 0.6 is 0 Å². The first kappa shape index (κ1) is 12.2. The van der Waals surface area contributed by atoms with Gasteiger partial charge in [0.2, 0.25) is 0 Å². The first-order valence-corrected chi connectivity index (χ1v) is 7.04. The molecule has 3 rings (SSSR count).